The Balaban J connectivity index is 0. The number of hydrogen-bond donors (Lipinski definition) is 0. The molecule has 0 N–H and O–H groups in total. The molecule has 0 saturated carbocycles. The van der Waals surface area contributed by atoms with E-state index in [-0.39, 0.29) is 26.2 Å². The Morgan fingerprint density at radius 3 is 1.38 bits per heavy atom. The predicted molar refractivity (Wildman–Crippen MR) is 11.9 cm³/mol. The fourth-order valence-corrected chi connectivity index (χ4v) is 0.0680. The molecule has 0 aliphatic heterocycles. The minimum atomic E-state index is -2.12. The molecule has 0 bridgehead atoms. The molecule has 0 aliphatic rings. The summed E-state index contributed by atoms with van der Waals surface area (Å²) < 4.78 is 2.86. The molecule has 0 saturated heterocycles. The summed E-state index contributed by atoms with van der Waals surface area (Å²) in [7, 11) is 0. The average molecular weight is 195 g/mol. The van der Waals surface area contributed by atoms with Gasteiger partial charge in [-0.2, -0.15) is 0 Å². The Labute approximate surface area is 63.4 Å². The minimum absolute atomic E-state index is 0. The summed E-state index contributed by atoms with van der Waals surface area (Å²) in [5, 5.41) is 18.1. The Morgan fingerprint density at radius 1 is 1.12 bits per heavy atom. The van der Waals surface area contributed by atoms with E-state index in [1.54, 1.807) is 0 Å². The van der Waals surface area contributed by atoms with Crippen molar-refractivity contribution in [1.29, 1.82) is 0 Å². The fourth-order valence-electron chi connectivity index (χ4n) is 0.0680. The van der Waals surface area contributed by atoms with Gasteiger partial charge in [-0.05, 0) is 0 Å². The van der Waals surface area contributed by atoms with Crippen molar-refractivity contribution in [2.24, 2.45) is 0 Å². The van der Waals surface area contributed by atoms with E-state index in [0.29, 0.717) is 0 Å². The van der Waals surface area contributed by atoms with Crippen LogP contribution in [0.15, 0.2) is 0 Å². The SMILES string of the molecule is O=C([O-])OC(=O)[O-].[Zr+2]. The minimum Gasteiger partial charge on any atom is -0.483 e. The summed E-state index contributed by atoms with van der Waals surface area (Å²) in [5.74, 6) is 0. The maximum absolute atomic E-state index is 9.06. The predicted octanol–water partition coefficient (Wildman–Crippen LogP) is -2.31. The van der Waals surface area contributed by atoms with E-state index in [1.165, 1.54) is 0 Å². The van der Waals surface area contributed by atoms with Crippen LogP contribution < -0.4 is 10.2 Å². The molecule has 0 heterocycles. The molecule has 8 heavy (non-hydrogen) atoms. The third kappa shape index (κ3) is 9.16. The number of ether oxygens (including phenoxy) is 1. The van der Waals surface area contributed by atoms with Crippen molar-refractivity contribution in [3.8, 4) is 0 Å². The summed E-state index contributed by atoms with van der Waals surface area (Å²) in [6.07, 6.45) is -4.25. The molecule has 0 aromatic heterocycles. The van der Waals surface area contributed by atoms with E-state index in [2.05, 4.69) is 4.74 Å². The zero-order valence-electron chi connectivity index (χ0n) is 3.54. The molecule has 0 aliphatic carbocycles. The summed E-state index contributed by atoms with van der Waals surface area (Å²) >= 11 is 0. The molecule has 0 spiro atoms. The third-order valence-electron chi connectivity index (χ3n) is 0.167. The molecule has 42 valence electrons. The van der Waals surface area contributed by atoms with Crippen LogP contribution in [-0.2, 0) is 30.9 Å². The van der Waals surface area contributed by atoms with Crippen LogP contribution in [0.5, 0.6) is 0 Å². The van der Waals surface area contributed by atoms with E-state index in [0.717, 1.165) is 0 Å². The van der Waals surface area contributed by atoms with Gasteiger partial charge in [0.15, 0.2) is 0 Å². The Morgan fingerprint density at radius 2 is 1.38 bits per heavy atom. The molecule has 0 rings (SSSR count). The third-order valence-corrected chi connectivity index (χ3v) is 0.167. The topological polar surface area (TPSA) is 89.5 Å². The largest absolute Gasteiger partial charge is 2.00 e. The van der Waals surface area contributed by atoms with Crippen molar-refractivity contribution >= 4 is 12.3 Å². The molecule has 0 amide bonds. The second kappa shape index (κ2) is 4.77. The first kappa shape index (κ1) is 10.6. The summed E-state index contributed by atoms with van der Waals surface area (Å²) in [6.45, 7) is 0. The second-order valence-corrected chi connectivity index (χ2v) is 0.602. The van der Waals surface area contributed by atoms with Gasteiger partial charge in [0.05, 0.1) is 0 Å². The quantitative estimate of drug-likeness (QED) is 0.320. The molecular formula is C2O5Zr. The van der Waals surface area contributed by atoms with Gasteiger partial charge in [0, 0.05) is 0 Å². The van der Waals surface area contributed by atoms with Gasteiger partial charge in [-0.1, -0.05) is 0 Å². The smallest absolute Gasteiger partial charge is 0.483 e. The maximum atomic E-state index is 9.06. The van der Waals surface area contributed by atoms with Crippen LogP contribution in [0.2, 0.25) is 0 Å². The van der Waals surface area contributed by atoms with Gasteiger partial charge in [-0.3, -0.25) is 0 Å². The molecule has 6 heteroatoms. The van der Waals surface area contributed by atoms with Crippen molar-refractivity contribution in [2.75, 3.05) is 0 Å². The zero-order chi connectivity index (χ0) is 5.86. The van der Waals surface area contributed by atoms with Crippen molar-refractivity contribution in [3.63, 3.8) is 0 Å². The number of carbonyl (C=O) groups excluding carboxylic acids is 2. The standard InChI is InChI=1S/C2H2O5.Zr/c3-1(4)7-2(5)6;/h(H,3,4)(H,5,6);/q;+2/p-2. The fraction of sp³-hybridized carbons (Fsp3) is 0. The molecule has 0 fully saturated rings. The molecule has 0 aromatic carbocycles. The summed E-state index contributed by atoms with van der Waals surface area (Å²) in [5.41, 5.74) is 0. The average Bonchev–Trinajstić information content (AvgIpc) is 1.27. The van der Waals surface area contributed by atoms with E-state index < -0.39 is 12.3 Å². The van der Waals surface area contributed by atoms with E-state index in [9.17, 15) is 0 Å². The van der Waals surface area contributed by atoms with Crippen molar-refractivity contribution in [2.45, 2.75) is 0 Å². The van der Waals surface area contributed by atoms with E-state index >= 15 is 0 Å². The van der Waals surface area contributed by atoms with Gasteiger partial charge in [-0.15, -0.1) is 0 Å². The normalized spacial score (nSPS) is 6.50. The van der Waals surface area contributed by atoms with Crippen LogP contribution in [0.3, 0.4) is 0 Å². The van der Waals surface area contributed by atoms with Gasteiger partial charge in [0.2, 0.25) is 0 Å². The van der Waals surface area contributed by atoms with Crippen LogP contribution >= 0.6 is 0 Å². The van der Waals surface area contributed by atoms with Crippen LogP contribution in [0.25, 0.3) is 0 Å². The van der Waals surface area contributed by atoms with Crippen molar-refractivity contribution in [3.05, 3.63) is 0 Å². The monoisotopic (exact) mass is 194 g/mol. The molecule has 0 radical (unpaired) electrons. The number of carboxylic acid groups (broad SMARTS) is 2. The van der Waals surface area contributed by atoms with E-state index in [4.69, 9.17) is 19.8 Å². The molecule has 5 nitrogen and oxygen atoms in total. The van der Waals surface area contributed by atoms with Gasteiger partial charge < -0.3 is 24.5 Å². The summed E-state index contributed by atoms with van der Waals surface area (Å²) in [4.78, 5) is 18.1. The Hall–Kier alpha value is -0.377. The zero-order valence-corrected chi connectivity index (χ0v) is 6.00. The Bertz CT molecular complexity index is 86.6. The Kier molecular flexibility index (Phi) is 6.31. The van der Waals surface area contributed by atoms with E-state index in [1.807, 2.05) is 0 Å². The first-order chi connectivity index (χ1) is 3.13. The van der Waals surface area contributed by atoms with Crippen LogP contribution in [0.1, 0.15) is 0 Å². The van der Waals surface area contributed by atoms with Crippen LogP contribution in [0.4, 0.5) is 9.59 Å². The van der Waals surface area contributed by atoms with Crippen LogP contribution in [-0.4, -0.2) is 12.3 Å². The summed E-state index contributed by atoms with van der Waals surface area (Å²) in [6, 6.07) is 0. The molecular weight excluding hydrogens is 195 g/mol. The van der Waals surface area contributed by atoms with Crippen LogP contribution in [0, 0.1) is 0 Å². The molecule has 0 atom stereocenters. The van der Waals surface area contributed by atoms with Gasteiger partial charge in [-0.25, -0.2) is 0 Å². The van der Waals surface area contributed by atoms with Gasteiger partial charge in [0.25, 0.3) is 12.3 Å². The number of rotatable bonds is 0. The van der Waals surface area contributed by atoms with Gasteiger partial charge in [0.1, 0.15) is 0 Å². The van der Waals surface area contributed by atoms with Crippen molar-refractivity contribution in [1.82, 2.24) is 0 Å². The molecule has 0 unspecified atom stereocenters. The number of carbonyl (C=O) groups is 2. The van der Waals surface area contributed by atoms with Gasteiger partial charge >= 0.3 is 26.2 Å². The molecule has 0 aromatic rings. The number of hydrogen-bond acceptors (Lipinski definition) is 5. The maximum Gasteiger partial charge on any atom is 2.00 e. The second-order valence-electron chi connectivity index (χ2n) is 0.602. The first-order valence-electron chi connectivity index (χ1n) is 1.22. The first-order valence-corrected chi connectivity index (χ1v) is 1.22. The van der Waals surface area contributed by atoms with Crippen molar-refractivity contribution < 1.29 is 50.7 Å².